The van der Waals surface area contributed by atoms with Gasteiger partial charge in [-0.2, -0.15) is 0 Å². The van der Waals surface area contributed by atoms with Crippen LogP contribution in [0.1, 0.15) is 0 Å². The molecule has 0 spiro atoms. The molecule has 7 heteroatoms. The summed E-state index contributed by atoms with van der Waals surface area (Å²) in [4.78, 5) is 0. The van der Waals surface area contributed by atoms with Gasteiger partial charge < -0.3 is 0 Å². The van der Waals surface area contributed by atoms with Gasteiger partial charge in [0.05, 0.1) is 5.56 Å². The first-order valence-electron chi connectivity index (χ1n) is 6.89. The highest BCUT2D eigenvalue weighted by Crippen LogP contribution is 2.39. The van der Waals surface area contributed by atoms with Crippen molar-refractivity contribution >= 4 is 0 Å². The molecule has 0 N–H and O–H groups in total. The van der Waals surface area contributed by atoms with Gasteiger partial charge in [-0.05, 0) is 17.2 Å². The van der Waals surface area contributed by atoms with Gasteiger partial charge in [0, 0.05) is 5.56 Å². The maximum Gasteiger partial charge on any atom is 0.200 e. The lowest BCUT2D eigenvalue weighted by Gasteiger charge is -2.14. The van der Waals surface area contributed by atoms with E-state index in [1.807, 2.05) is 0 Å². The maximum atomic E-state index is 14.3. The summed E-state index contributed by atoms with van der Waals surface area (Å²) in [6.07, 6.45) is 0. The first-order valence-corrected chi connectivity index (χ1v) is 6.89. The third-order valence-corrected chi connectivity index (χ3v) is 3.64. The van der Waals surface area contributed by atoms with Crippen molar-refractivity contribution in [2.45, 2.75) is 0 Å². The Balaban J connectivity index is 2.44. The SMILES string of the molecule is Fc1ccc(-c2c(F)c(F)c(F)c(F)c2F)c(-c2ccccc2)c1F. The van der Waals surface area contributed by atoms with Crippen molar-refractivity contribution in [3.05, 3.63) is 83.2 Å². The lowest BCUT2D eigenvalue weighted by Crippen LogP contribution is -2.05. The highest BCUT2D eigenvalue weighted by molar-refractivity contribution is 5.84. The molecule has 0 aliphatic carbocycles. The van der Waals surface area contributed by atoms with E-state index in [-0.39, 0.29) is 5.56 Å². The summed E-state index contributed by atoms with van der Waals surface area (Å²) in [5.41, 5.74) is -2.57. The van der Waals surface area contributed by atoms with Crippen LogP contribution in [0.3, 0.4) is 0 Å². The average Bonchev–Trinajstić information content (AvgIpc) is 2.62. The molecule has 25 heavy (non-hydrogen) atoms. The molecule has 0 aliphatic heterocycles. The third kappa shape index (κ3) is 2.65. The van der Waals surface area contributed by atoms with E-state index < -0.39 is 57.4 Å². The number of rotatable bonds is 2. The van der Waals surface area contributed by atoms with Crippen LogP contribution in [0, 0.1) is 40.7 Å². The van der Waals surface area contributed by atoms with Crippen LogP contribution in [-0.4, -0.2) is 0 Å². The van der Waals surface area contributed by atoms with Gasteiger partial charge in [0.1, 0.15) is 0 Å². The molecule has 3 aromatic rings. The Morgan fingerprint density at radius 3 is 1.52 bits per heavy atom. The van der Waals surface area contributed by atoms with Crippen molar-refractivity contribution in [1.82, 2.24) is 0 Å². The van der Waals surface area contributed by atoms with Crippen LogP contribution < -0.4 is 0 Å². The van der Waals surface area contributed by atoms with Crippen molar-refractivity contribution in [2.75, 3.05) is 0 Å². The number of hydrogen-bond acceptors (Lipinski definition) is 0. The Bertz CT molecular complexity index is 936. The smallest absolute Gasteiger partial charge is 0.200 e. The summed E-state index contributed by atoms with van der Waals surface area (Å²) in [7, 11) is 0. The molecule has 0 saturated carbocycles. The third-order valence-electron chi connectivity index (χ3n) is 3.64. The van der Waals surface area contributed by atoms with Crippen molar-refractivity contribution in [3.8, 4) is 22.3 Å². The van der Waals surface area contributed by atoms with E-state index in [1.54, 1.807) is 6.07 Å². The Morgan fingerprint density at radius 1 is 0.440 bits per heavy atom. The fraction of sp³-hybridized carbons (Fsp3) is 0. The van der Waals surface area contributed by atoms with E-state index in [0.717, 1.165) is 6.07 Å². The van der Waals surface area contributed by atoms with Gasteiger partial charge in [-0.1, -0.05) is 36.4 Å². The van der Waals surface area contributed by atoms with E-state index >= 15 is 0 Å². The van der Waals surface area contributed by atoms with Gasteiger partial charge in [0.15, 0.2) is 34.9 Å². The van der Waals surface area contributed by atoms with Gasteiger partial charge in [0.25, 0.3) is 0 Å². The summed E-state index contributed by atoms with van der Waals surface area (Å²) in [6, 6.07) is 8.39. The van der Waals surface area contributed by atoms with Crippen LogP contribution >= 0.6 is 0 Å². The number of halogens is 7. The van der Waals surface area contributed by atoms with Gasteiger partial charge in [-0.25, -0.2) is 30.7 Å². The minimum atomic E-state index is -2.33. The normalized spacial score (nSPS) is 11.0. The van der Waals surface area contributed by atoms with E-state index in [9.17, 15) is 30.7 Å². The molecule has 0 aromatic heterocycles. The largest absolute Gasteiger partial charge is 0.204 e. The van der Waals surface area contributed by atoms with Crippen molar-refractivity contribution in [2.24, 2.45) is 0 Å². The van der Waals surface area contributed by atoms with Gasteiger partial charge >= 0.3 is 0 Å². The molecule has 0 radical (unpaired) electrons. The molecule has 0 heterocycles. The topological polar surface area (TPSA) is 0 Å². The molecule has 0 aliphatic rings. The lowest BCUT2D eigenvalue weighted by molar-refractivity contribution is 0.381. The molecular formula is C18H7F7. The summed E-state index contributed by atoms with van der Waals surface area (Å²) >= 11 is 0. The van der Waals surface area contributed by atoms with Crippen LogP contribution in [0.15, 0.2) is 42.5 Å². The Kier molecular flexibility index (Phi) is 4.24. The van der Waals surface area contributed by atoms with Gasteiger partial charge in [-0.15, -0.1) is 0 Å². The molecule has 0 amide bonds. The highest BCUT2D eigenvalue weighted by Gasteiger charge is 2.29. The van der Waals surface area contributed by atoms with E-state index in [0.29, 0.717) is 6.07 Å². The van der Waals surface area contributed by atoms with Gasteiger partial charge in [-0.3, -0.25) is 0 Å². The molecule has 128 valence electrons. The first kappa shape index (κ1) is 17.0. The number of hydrogen-bond donors (Lipinski definition) is 0. The van der Waals surface area contributed by atoms with Crippen molar-refractivity contribution in [1.29, 1.82) is 0 Å². The molecule has 0 fully saturated rings. The fourth-order valence-corrected chi connectivity index (χ4v) is 2.49. The molecule has 0 atom stereocenters. The van der Waals surface area contributed by atoms with Gasteiger partial charge in [0.2, 0.25) is 5.82 Å². The molecular weight excluding hydrogens is 349 g/mol. The standard InChI is InChI=1S/C18H7F7/c19-10-7-6-9(11(13(10)20)8-4-2-1-3-5-8)12-14(21)16(23)18(25)17(24)15(12)22/h1-7H. The van der Waals surface area contributed by atoms with Crippen LogP contribution in [-0.2, 0) is 0 Å². The summed E-state index contributed by atoms with van der Waals surface area (Å²) < 4.78 is 96.2. The number of benzene rings is 3. The quantitative estimate of drug-likeness (QED) is 0.300. The summed E-state index contributed by atoms with van der Waals surface area (Å²) in [5, 5.41) is 0. The van der Waals surface area contributed by atoms with Crippen LogP contribution in [0.25, 0.3) is 22.3 Å². The Hall–Kier alpha value is -2.83. The molecule has 3 aromatic carbocycles. The second kappa shape index (κ2) is 6.23. The first-order chi connectivity index (χ1) is 11.8. The van der Waals surface area contributed by atoms with Crippen LogP contribution in [0.4, 0.5) is 30.7 Å². The summed E-state index contributed by atoms with van der Waals surface area (Å²) in [6.45, 7) is 0. The molecule has 0 saturated heterocycles. The summed E-state index contributed by atoms with van der Waals surface area (Å²) in [5.74, 6) is -13.7. The predicted octanol–water partition coefficient (Wildman–Crippen LogP) is 5.99. The average molecular weight is 356 g/mol. The minimum Gasteiger partial charge on any atom is -0.204 e. The zero-order chi connectivity index (χ0) is 18.3. The lowest BCUT2D eigenvalue weighted by atomic mass is 9.93. The molecule has 0 unspecified atom stereocenters. The van der Waals surface area contributed by atoms with Crippen LogP contribution in [0.2, 0.25) is 0 Å². The van der Waals surface area contributed by atoms with E-state index in [1.165, 1.54) is 24.3 Å². The van der Waals surface area contributed by atoms with Crippen LogP contribution in [0.5, 0.6) is 0 Å². The second-order valence-electron chi connectivity index (χ2n) is 5.09. The molecule has 3 rings (SSSR count). The van der Waals surface area contributed by atoms with E-state index in [2.05, 4.69) is 0 Å². The predicted molar refractivity (Wildman–Crippen MR) is 77.0 cm³/mol. The second-order valence-corrected chi connectivity index (χ2v) is 5.09. The zero-order valence-corrected chi connectivity index (χ0v) is 12.2. The highest BCUT2D eigenvalue weighted by atomic mass is 19.2. The maximum absolute atomic E-state index is 14.3. The molecule has 0 nitrogen and oxygen atoms in total. The Morgan fingerprint density at radius 2 is 0.960 bits per heavy atom. The monoisotopic (exact) mass is 356 g/mol. The fourth-order valence-electron chi connectivity index (χ4n) is 2.49. The Labute approximate surface area is 137 Å². The molecule has 0 bridgehead atoms. The zero-order valence-electron chi connectivity index (χ0n) is 12.2. The minimum absolute atomic E-state index is 0.0124. The van der Waals surface area contributed by atoms with Crippen molar-refractivity contribution < 1.29 is 30.7 Å². The van der Waals surface area contributed by atoms with Crippen molar-refractivity contribution in [3.63, 3.8) is 0 Å². The van der Waals surface area contributed by atoms with E-state index in [4.69, 9.17) is 0 Å².